The molecule has 0 saturated carbocycles. The first-order valence-electron chi connectivity index (χ1n) is 10.3. The molecule has 0 aliphatic carbocycles. The van der Waals surface area contributed by atoms with Gasteiger partial charge in [0.15, 0.2) is 0 Å². The van der Waals surface area contributed by atoms with Crippen molar-refractivity contribution >= 4 is 29.6 Å². The minimum Gasteiger partial charge on any atom is -0.480 e. The lowest BCUT2D eigenvalue weighted by atomic mass is 10.0. The van der Waals surface area contributed by atoms with E-state index in [4.69, 9.17) is 21.7 Å². The number of aliphatic hydroxyl groups excluding tert-OH is 1. The van der Waals surface area contributed by atoms with Crippen LogP contribution in [-0.4, -0.2) is 82.0 Å². The third kappa shape index (κ3) is 8.13. The number of aliphatic carboxylic acids is 1. The highest BCUT2D eigenvalue weighted by Gasteiger charge is 2.38. The van der Waals surface area contributed by atoms with E-state index in [2.05, 4.69) is 10.6 Å². The lowest BCUT2D eigenvalue weighted by molar-refractivity contribution is -0.144. The maximum absolute atomic E-state index is 12.9. The molecule has 1 heterocycles. The fraction of sp³-hybridized carbons (Fsp3) is 0.737. The largest absolute Gasteiger partial charge is 0.480 e. The molecule has 12 heteroatoms. The molecule has 0 aromatic heterocycles. The van der Waals surface area contributed by atoms with Crippen molar-refractivity contribution in [3.63, 3.8) is 0 Å². The van der Waals surface area contributed by atoms with Crippen LogP contribution in [0.2, 0.25) is 0 Å². The van der Waals surface area contributed by atoms with Gasteiger partial charge in [-0.2, -0.15) is 0 Å². The third-order valence-corrected chi connectivity index (χ3v) is 4.99. The summed E-state index contributed by atoms with van der Waals surface area (Å²) in [6.07, 6.45) is 1.19. The normalized spacial score (nSPS) is 18.9. The first kappa shape index (κ1) is 26.3. The molecule has 1 fully saturated rings. The minimum atomic E-state index is -1.49. The lowest BCUT2D eigenvalue weighted by Gasteiger charge is -2.29. The first-order valence-corrected chi connectivity index (χ1v) is 10.3. The van der Waals surface area contributed by atoms with Gasteiger partial charge in [-0.15, -0.1) is 0 Å². The Kier molecular flexibility index (Phi) is 10.4. The topological polar surface area (TPSA) is 205 Å². The fourth-order valence-electron chi connectivity index (χ4n) is 3.37. The van der Waals surface area contributed by atoms with E-state index in [9.17, 15) is 24.0 Å². The molecule has 0 radical (unpaired) electrons. The summed E-state index contributed by atoms with van der Waals surface area (Å²) in [6, 6.07) is -4.34. The van der Waals surface area contributed by atoms with E-state index in [0.29, 0.717) is 19.4 Å². The highest BCUT2D eigenvalue weighted by atomic mass is 16.4. The number of hydrogen-bond acceptors (Lipinski definition) is 7. The number of primary amides is 1. The second kappa shape index (κ2) is 12.2. The zero-order chi connectivity index (χ0) is 23.7. The van der Waals surface area contributed by atoms with Crippen LogP contribution >= 0.6 is 0 Å². The summed E-state index contributed by atoms with van der Waals surface area (Å²) in [5.41, 5.74) is 10.9. The number of amides is 4. The molecular formula is C19H33N5O7. The van der Waals surface area contributed by atoms with Crippen LogP contribution in [0.1, 0.15) is 46.0 Å². The molecule has 12 nitrogen and oxygen atoms in total. The van der Waals surface area contributed by atoms with Gasteiger partial charge in [-0.3, -0.25) is 19.2 Å². The van der Waals surface area contributed by atoms with Crippen LogP contribution in [0.3, 0.4) is 0 Å². The van der Waals surface area contributed by atoms with Crippen LogP contribution in [0.5, 0.6) is 0 Å². The second-order valence-corrected chi connectivity index (χ2v) is 8.07. The molecule has 1 saturated heterocycles. The number of nitrogens with two attached hydrogens (primary N) is 2. The van der Waals surface area contributed by atoms with Crippen molar-refractivity contribution in [2.24, 2.45) is 17.4 Å². The molecule has 8 N–H and O–H groups in total. The number of carboxylic acid groups (broad SMARTS) is 1. The highest BCUT2D eigenvalue weighted by Crippen LogP contribution is 2.20. The van der Waals surface area contributed by atoms with Gasteiger partial charge in [-0.1, -0.05) is 13.8 Å². The summed E-state index contributed by atoms with van der Waals surface area (Å²) >= 11 is 0. The van der Waals surface area contributed by atoms with Gasteiger partial charge in [-0.05, 0) is 31.6 Å². The second-order valence-electron chi connectivity index (χ2n) is 8.07. The Bertz CT molecular complexity index is 685. The standard InChI is InChI=1S/C19H33N5O7/c1-10(2)8-12(16(27)23-13(9-25)19(30)31)22-17(28)14-4-3-7-24(14)18(29)11(20)5-6-15(21)26/h10-14,25H,3-9,20H2,1-2H3,(H2,21,26)(H,22,28)(H,23,27)(H,30,31). The van der Waals surface area contributed by atoms with Crippen LogP contribution in [0.15, 0.2) is 0 Å². The minimum absolute atomic E-state index is 0.00279. The number of hydrogen-bond donors (Lipinski definition) is 6. The van der Waals surface area contributed by atoms with E-state index in [-0.39, 0.29) is 25.2 Å². The van der Waals surface area contributed by atoms with Crippen molar-refractivity contribution in [2.45, 2.75) is 70.1 Å². The molecule has 0 aromatic rings. The predicted molar refractivity (Wildman–Crippen MR) is 109 cm³/mol. The summed E-state index contributed by atoms with van der Waals surface area (Å²) in [6.45, 7) is 3.18. The smallest absolute Gasteiger partial charge is 0.328 e. The molecule has 31 heavy (non-hydrogen) atoms. The van der Waals surface area contributed by atoms with Crippen LogP contribution in [-0.2, 0) is 24.0 Å². The van der Waals surface area contributed by atoms with Crippen LogP contribution in [0, 0.1) is 5.92 Å². The maximum Gasteiger partial charge on any atom is 0.328 e. The Labute approximate surface area is 180 Å². The van der Waals surface area contributed by atoms with Gasteiger partial charge in [0.25, 0.3) is 0 Å². The predicted octanol–water partition coefficient (Wildman–Crippen LogP) is -2.34. The van der Waals surface area contributed by atoms with E-state index in [0.717, 1.165) is 0 Å². The summed E-state index contributed by atoms with van der Waals surface area (Å²) in [5.74, 6) is -3.75. The molecule has 176 valence electrons. The molecule has 1 aliphatic heterocycles. The highest BCUT2D eigenvalue weighted by molar-refractivity contribution is 5.94. The number of nitrogens with one attached hydrogen (secondary N) is 2. The molecule has 0 spiro atoms. The van der Waals surface area contributed by atoms with E-state index >= 15 is 0 Å². The van der Waals surface area contributed by atoms with E-state index in [1.165, 1.54) is 4.90 Å². The number of likely N-dealkylation sites (tertiary alicyclic amines) is 1. The average Bonchev–Trinajstić information content (AvgIpc) is 3.18. The molecule has 1 aliphatic rings. The van der Waals surface area contributed by atoms with E-state index in [1.54, 1.807) is 0 Å². The zero-order valence-electron chi connectivity index (χ0n) is 17.9. The van der Waals surface area contributed by atoms with E-state index in [1.807, 2.05) is 13.8 Å². The van der Waals surface area contributed by atoms with Crippen LogP contribution in [0.4, 0.5) is 0 Å². The number of rotatable bonds is 12. The van der Waals surface area contributed by atoms with Crippen molar-refractivity contribution in [1.82, 2.24) is 15.5 Å². The SMILES string of the molecule is CC(C)CC(NC(=O)C1CCCN1C(=O)C(N)CCC(N)=O)C(=O)NC(CO)C(=O)O. The molecular weight excluding hydrogens is 410 g/mol. The summed E-state index contributed by atoms with van der Waals surface area (Å²) < 4.78 is 0. The maximum atomic E-state index is 12.9. The Morgan fingerprint density at radius 2 is 1.77 bits per heavy atom. The molecule has 4 unspecified atom stereocenters. The van der Waals surface area contributed by atoms with Crippen LogP contribution < -0.4 is 22.1 Å². The number of carboxylic acids is 1. The average molecular weight is 444 g/mol. The zero-order valence-corrected chi connectivity index (χ0v) is 17.9. The summed E-state index contributed by atoms with van der Waals surface area (Å²) in [5, 5.41) is 22.9. The fourth-order valence-corrected chi connectivity index (χ4v) is 3.37. The van der Waals surface area contributed by atoms with Crippen molar-refractivity contribution < 1.29 is 34.2 Å². The van der Waals surface area contributed by atoms with Gasteiger partial charge in [0.1, 0.15) is 18.1 Å². The molecule has 1 rings (SSSR count). The number of aliphatic hydroxyl groups is 1. The van der Waals surface area contributed by atoms with Crippen molar-refractivity contribution in [3.05, 3.63) is 0 Å². The van der Waals surface area contributed by atoms with Crippen molar-refractivity contribution in [3.8, 4) is 0 Å². The number of nitrogens with zero attached hydrogens (tertiary/aromatic N) is 1. The molecule has 4 atom stereocenters. The third-order valence-electron chi connectivity index (χ3n) is 4.99. The van der Waals surface area contributed by atoms with Gasteiger partial charge < -0.3 is 37.2 Å². The quantitative estimate of drug-likeness (QED) is 0.192. The molecule has 4 amide bonds. The Morgan fingerprint density at radius 1 is 1.13 bits per heavy atom. The Morgan fingerprint density at radius 3 is 2.29 bits per heavy atom. The van der Waals surface area contributed by atoms with E-state index < -0.39 is 60.4 Å². The lowest BCUT2D eigenvalue weighted by Crippen LogP contribution is -2.57. The number of carbonyl (C=O) groups excluding carboxylic acids is 4. The number of carbonyl (C=O) groups is 5. The molecule has 0 aromatic carbocycles. The first-order chi connectivity index (χ1) is 14.5. The van der Waals surface area contributed by atoms with Gasteiger partial charge in [-0.25, -0.2) is 4.79 Å². The van der Waals surface area contributed by atoms with Crippen molar-refractivity contribution in [1.29, 1.82) is 0 Å². The van der Waals surface area contributed by atoms with Gasteiger partial charge in [0, 0.05) is 13.0 Å². The van der Waals surface area contributed by atoms with Gasteiger partial charge >= 0.3 is 5.97 Å². The van der Waals surface area contributed by atoms with Gasteiger partial charge in [0.05, 0.1) is 12.6 Å². The van der Waals surface area contributed by atoms with Crippen molar-refractivity contribution in [2.75, 3.05) is 13.2 Å². The Balaban J connectivity index is 2.86. The van der Waals surface area contributed by atoms with Crippen LogP contribution in [0.25, 0.3) is 0 Å². The van der Waals surface area contributed by atoms with Gasteiger partial charge in [0.2, 0.25) is 23.6 Å². The monoisotopic (exact) mass is 443 g/mol. The molecule has 0 bridgehead atoms. The summed E-state index contributed by atoms with van der Waals surface area (Å²) in [4.78, 5) is 61.4. The Hall–Kier alpha value is -2.73. The summed E-state index contributed by atoms with van der Waals surface area (Å²) in [7, 11) is 0.